The van der Waals surface area contributed by atoms with Gasteiger partial charge in [0.2, 0.25) is 0 Å². The molecule has 0 amide bonds. The molecule has 0 aliphatic heterocycles. The summed E-state index contributed by atoms with van der Waals surface area (Å²) in [5.74, 6) is -0.260. The van der Waals surface area contributed by atoms with E-state index in [0.717, 1.165) is 23.9 Å². The van der Waals surface area contributed by atoms with Crippen molar-refractivity contribution < 1.29 is 14.6 Å². The van der Waals surface area contributed by atoms with Crippen molar-refractivity contribution in [2.75, 3.05) is 6.61 Å². The van der Waals surface area contributed by atoms with Gasteiger partial charge in [-0.3, -0.25) is 4.98 Å². The smallest absolute Gasteiger partial charge is 0.328 e. The molecule has 0 atom stereocenters. The first-order valence-corrected chi connectivity index (χ1v) is 5.12. The van der Waals surface area contributed by atoms with Crippen LogP contribution in [0.3, 0.4) is 0 Å². The van der Waals surface area contributed by atoms with Crippen LogP contribution >= 0.6 is 0 Å². The molecule has 0 saturated heterocycles. The summed E-state index contributed by atoms with van der Waals surface area (Å²) in [5, 5.41) is 8.39. The van der Waals surface area contributed by atoms with E-state index in [1.54, 1.807) is 0 Å². The Morgan fingerprint density at radius 2 is 2.31 bits per heavy atom. The van der Waals surface area contributed by atoms with Crippen molar-refractivity contribution in [3.05, 3.63) is 35.7 Å². The highest BCUT2D eigenvalue weighted by molar-refractivity contribution is 5.79. The first kappa shape index (κ1) is 12.2. The van der Waals surface area contributed by atoms with Crippen LogP contribution in [0, 0.1) is 6.92 Å². The van der Waals surface area contributed by atoms with Gasteiger partial charge in [0.05, 0.1) is 5.69 Å². The Labute approximate surface area is 94.6 Å². The zero-order chi connectivity index (χ0) is 12.0. The number of aryl methyl sites for hydroxylation is 2. The third-order valence-electron chi connectivity index (χ3n) is 2.00. The van der Waals surface area contributed by atoms with Gasteiger partial charge in [-0.15, -0.1) is 0 Å². The maximum atomic E-state index is 10.2. The van der Waals surface area contributed by atoms with Crippen molar-refractivity contribution in [3.63, 3.8) is 0 Å². The molecule has 16 heavy (non-hydrogen) atoms. The zero-order valence-electron chi connectivity index (χ0n) is 9.43. The van der Waals surface area contributed by atoms with E-state index in [2.05, 4.69) is 4.98 Å². The maximum absolute atomic E-state index is 10.2. The van der Waals surface area contributed by atoms with Crippen molar-refractivity contribution in [3.8, 4) is 5.75 Å². The van der Waals surface area contributed by atoms with Crippen LogP contribution in [0.25, 0.3) is 0 Å². The SMILES string of the molecule is CCc1nc(C)ccc1OC/C=C/C(=O)O. The summed E-state index contributed by atoms with van der Waals surface area (Å²) in [5.41, 5.74) is 1.84. The summed E-state index contributed by atoms with van der Waals surface area (Å²) in [7, 11) is 0. The first-order chi connectivity index (χ1) is 7.63. The van der Waals surface area contributed by atoms with Gasteiger partial charge in [0.25, 0.3) is 0 Å². The third kappa shape index (κ3) is 3.73. The highest BCUT2D eigenvalue weighted by Gasteiger charge is 2.02. The number of ether oxygens (including phenoxy) is 1. The quantitative estimate of drug-likeness (QED) is 0.772. The van der Waals surface area contributed by atoms with Crippen LogP contribution < -0.4 is 4.74 Å². The Kier molecular flexibility index (Phi) is 4.51. The zero-order valence-corrected chi connectivity index (χ0v) is 9.43. The number of pyridine rings is 1. The number of aromatic nitrogens is 1. The number of hydrogen-bond donors (Lipinski definition) is 1. The van der Waals surface area contributed by atoms with Crippen LogP contribution in [0.4, 0.5) is 0 Å². The molecule has 0 radical (unpaired) electrons. The Morgan fingerprint density at radius 1 is 1.56 bits per heavy atom. The highest BCUT2D eigenvalue weighted by atomic mass is 16.5. The fraction of sp³-hybridized carbons (Fsp3) is 0.333. The maximum Gasteiger partial charge on any atom is 0.328 e. The molecule has 4 heteroatoms. The molecule has 86 valence electrons. The van der Waals surface area contributed by atoms with Gasteiger partial charge in [-0.05, 0) is 31.6 Å². The van der Waals surface area contributed by atoms with Crippen molar-refractivity contribution in [1.29, 1.82) is 0 Å². The molecule has 1 N–H and O–H groups in total. The second kappa shape index (κ2) is 5.90. The molecular weight excluding hydrogens is 206 g/mol. The molecule has 1 aromatic heterocycles. The van der Waals surface area contributed by atoms with E-state index < -0.39 is 5.97 Å². The molecule has 0 saturated carbocycles. The van der Waals surface area contributed by atoms with Crippen LogP contribution in [0.1, 0.15) is 18.3 Å². The molecule has 0 aromatic carbocycles. The van der Waals surface area contributed by atoms with Crippen molar-refractivity contribution >= 4 is 5.97 Å². The van der Waals surface area contributed by atoms with E-state index in [0.29, 0.717) is 5.75 Å². The van der Waals surface area contributed by atoms with Gasteiger partial charge >= 0.3 is 5.97 Å². The Morgan fingerprint density at radius 3 is 2.94 bits per heavy atom. The lowest BCUT2D eigenvalue weighted by Gasteiger charge is -2.08. The summed E-state index contributed by atoms with van der Waals surface area (Å²) >= 11 is 0. The largest absolute Gasteiger partial charge is 0.488 e. The molecule has 1 heterocycles. The number of aliphatic carboxylic acids is 1. The Balaban J connectivity index is 2.63. The summed E-state index contributed by atoms with van der Waals surface area (Å²) in [6.07, 6.45) is 3.31. The van der Waals surface area contributed by atoms with E-state index in [9.17, 15) is 4.79 Å². The minimum atomic E-state index is -0.971. The van der Waals surface area contributed by atoms with Gasteiger partial charge in [-0.2, -0.15) is 0 Å². The summed E-state index contributed by atoms with van der Waals surface area (Å²) < 4.78 is 5.42. The topological polar surface area (TPSA) is 59.4 Å². The van der Waals surface area contributed by atoms with Crippen LogP contribution in [0.15, 0.2) is 24.3 Å². The van der Waals surface area contributed by atoms with Gasteiger partial charge in [-0.1, -0.05) is 6.92 Å². The van der Waals surface area contributed by atoms with Crippen LogP contribution in [0.2, 0.25) is 0 Å². The standard InChI is InChI=1S/C12H15NO3/c1-3-10-11(7-6-9(2)13-10)16-8-4-5-12(14)15/h4-7H,3,8H2,1-2H3,(H,14,15)/b5-4+. The molecule has 0 fully saturated rings. The fourth-order valence-corrected chi connectivity index (χ4v) is 1.27. The molecule has 0 spiro atoms. The molecule has 0 unspecified atom stereocenters. The number of carboxylic acid groups (broad SMARTS) is 1. The normalized spacial score (nSPS) is 10.6. The monoisotopic (exact) mass is 221 g/mol. The average Bonchev–Trinajstić information content (AvgIpc) is 2.25. The molecule has 4 nitrogen and oxygen atoms in total. The number of hydrogen-bond acceptors (Lipinski definition) is 3. The van der Waals surface area contributed by atoms with E-state index in [1.165, 1.54) is 6.08 Å². The van der Waals surface area contributed by atoms with Gasteiger partial charge in [0.1, 0.15) is 12.4 Å². The van der Waals surface area contributed by atoms with Gasteiger partial charge in [0, 0.05) is 11.8 Å². The molecule has 0 aliphatic carbocycles. The predicted octanol–water partition coefficient (Wildman–Crippen LogP) is 1.97. The number of carboxylic acids is 1. The van der Waals surface area contributed by atoms with Gasteiger partial charge in [0.15, 0.2) is 0 Å². The average molecular weight is 221 g/mol. The second-order valence-electron chi connectivity index (χ2n) is 3.30. The van der Waals surface area contributed by atoms with E-state index >= 15 is 0 Å². The van der Waals surface area contributed by atoms with Crippen molar-refractivity contribution in [2.24, 2.45) is 0 Å². The lowest BCUT2D eigenvalue weighted by atomic mass is 10.2. The summed E-state index contributed by atoms with van der Waals surface area (Å²) in [4.78, 5) is 14.6. The predicted molar refractivity (Wildman–Crippen MR) is 60.6 cm³/mol. The van der Waals surface area contributed by atoms with Crippen LogP contribution in [0.5, 0.6) is 5.75 Å². The van der Waals surface area contributed by atoms with E-state index in [-0.39, 0.29) is 6.61 Å². The third-order valence-corrected chi connectivity index (χ3v) is 2.00. The molecule has 0 aliphatic rings. The van der Waals surface area contributed by atoms with Crippen LogP contribution in [-0.4, -0.2) is 22.7 Å². The van der Waals surface area contributed by atoms with Gasteiger partial charge < -0.3 is 9.84 Å². The summed E-state index contributed by atoms with van der Waals surface area (Å²) in [6, 6.07) is 3.73. The molecular formula is C12H15NO3. The minimum absolute atomic E-state index is 0.240. The highest BCUT2D eigenvalue weighted by Crippen LogP contribution is 2.17. The first-order valence-electron chi connectivity index (χ1n) is 5.12. The summed E-state index contributed by atoms with van der Waals surface area (Å²) in [6.45, 7) is 4.17. The number of nitrogens with zero attached hydrogens (tertiary/aromatic N) is 1. The molecule has 1 rings (SSSR count). The van der Waals surface area contributed by atoms with Gasteiger partial charge in [-0.25, -0.2) is 4.79 Å². The van der Waals surface area contributed by atoms with Crippen molar-refractivity contribution in [1.82, 2.24) is 4.98 Å². The molecule has 1 aromatic rings. The lowest BCUT2D eigenvalue weighted by Crippen LogP contribution is -2.01. The minimum Gasteiger partial charge on any atom is -0.488 e. The Bertz CT molecular complexity index is 399. The van der Waals surface area contributed by atoms with Crippen LogP contribution in [-0.2, 0) is 11.2 Å². The second-order valence-corrected chi connectivity index (χ2v) is 3.30. The van der Waals surface area contributed by atoms with E-state index in [4.69, 9.17) is 9.84 Å². The number of rotatable bonds is 5. The Hall–Kier alpha value is -1.84. The fourth-order valence-electron chi connectivity index (χ4n) is 1.27. The number of carbonyl (C=O) groups is 1. The lowest BCUT2D eigenvalue weighted by molar-refractivity contribution is -0.131. The van der Waals surface area contributed by atoms with E-state index in [1.807, 2.05) is 26.0 Å². The van der Waals surface area contributed by atoms with Crippen molar-refractivity contribution in [2.45, 2.75) is 20.3 Å². The molecule has 0 bridgehead atoms.